The summed E-state index contributed by atoms with van der Waals surface area (Å²) >= 11 is 0. The van der Waals surface area contributed by atoms with Gasteiger partial charge in [-0.25, -0.2) is 0 Å². The molecule has 0 aliphatic heterocycles. The first-order valence-corrected chi connectivity index (χ1v) is 4.14. The molecule has 0 atom stereocenters. The molecule has 0 spiro atoms. The molecule has 0 fully saturated rings. The number of aromatic nitrogens is 5. The lowest BCUT2D eigenvalue weighted by Gasteiger charge is -1.95. The lowest BCUT2D eigenvalue weighted by molar-refractivity contribution is 0.102. The van der Waals surface area contributed by atoms with Gasteiger partial charge in [0.15, 0.2) is 0 Å². The Bertz CT molecular complexity index is 485. The number of tetrazole rings is 1. The summed E-state index contributed by atoms with van der Waals surface area (Å²) in [5, 5.41) is 13.4. The number of aryl methyl sites for hydroxylation is 1. The molecule has 0 aliphatic rings. The molecule has 2 aromatic rings. The van der Waals surface area contributed by atoms with Gasteiger partial charge < -0.3 is 10.7 Å². The third kappa shape index (κ3) is 1.93. The normalized spacial score (nSPS) is 10.2. The van der Waals surface area contributed by atoms with Gasteiger partial charge in [0.1, 0.15) is 5.69 Å². The van der Waals surface area contributed by atoms with Crippen molar-refractivity contribution in [1.82, 2.24) is 25.2 Å². The maximum atomic E-state index is 11.5. The molecule has 1 amide bonds. The van der Waals surface area contributed by atoms with Crippen LogP contribution in [0.2, 0.25) is 0 Å². The Morgan fingerprint density at radius 2 is 2.47 bits per heavy atom. The summed E-state index contributed by atoms with van der Waals surface area (Å²) < 4.78 is 0. The molecule has 2 aromatic heterocycles. The van der Waals surface area contributed by atoms with Crippen molar-refractivity contribution >= 4 is 17.5 Å². The second kappa shape index (κ2) is 3.40. The van der Waals surface area contributed by atoms with E-state index in [0.29, 0.717) is 11.4 Å². The van der Waals surface area contributed by atoms with Crippen molar-refractivity contribution in [1.29, 1.82) is 0 Å². The van der Waals surface area contributed by atoms with Crippen molar-refractivity contribution in [2.45, 2.75) is 0 Å². The molecule has 0 saturated heterocycles. The quantitative estimate of drug-likeness (QED) is 0.606. The number of aromatic amines is 1. The highest BCUT2D eigenvalue weighted by atomic mass is 16.2. The summed E-state index contributed by atoms with van der Waals surface area (Å²) in [4.78, 5) is 15.5. The second-order valence-corrected chi connectivity index (χ2v) is 2.90. The zero-order valence-electron chi connectivity index (χ0n) is 7.93. The standard InChI is InChI=1S/C7H9N7O/c1-14-12-7(11-13-14)10-6(15)5-2-4(8)3-9-5/h2-3,9H,8H2,1H3,(H,10,12,15). The first-order chi connectivity index (χ1) is 7.15. The van der Waals surface area contributed by atoms with Crippen molar-refractivity contribution in [2.24, 2.45) is 7.05 Å². The van der Waals surface area contributed by atoms with Gasteiger partial charge in [0.2, 0.25) is 0 Å². The molecule has 8 heteroatoms. The summed E-state index contributed by atoms with van der Waals surface area (Å²) in [6, 6.07) is 1.52. The Labute approximate surface area is 84.5 Å². The van der Waals surface area contributed by atoms with E-state index < -0.39 is 0 Å². The van der Waals surface area contributed by atoms with Gasteiger partial charge in [-0.1, -0.05) is 5.10 Å². The van der Waals surface area contributed by atoms with Crippen LogP contribution in [0.4, 0.5) is 11.6 Å². The van der Waals surface area contributed by atoms with E-state index in [0.717, 1.165) is 0 Å². The SMILES string of the molecule is Cn1nnc(NC(=O)c2cc(N)c[nH]2)n1. The number of nitrogen functional groups attached to an aromatic ring is 1. The molecule has 0 radical (unpaired) electrons. The smallest absolute Gasteiger partial charge is 0.274 e. The fourth-order valence-electron chi connectivity index (χ4n) is 1.05. The average molecular weight is 207 g/mol. The maximum Gasteiger partial charge on any atom is 0.274 e. The molecule has 0 aliphatic carbocycles. The van der Waals surface area contributed by atoms with Crippen molar-refractivity contribution in [2.75, 3.05) is 11.1 Å². The van der Waals surface area contributed by atoms with E-state index >= 15 is 0 Å². The van der Waals surface area contributed by atoms with Crippen LogP contribution in [-0.2, 0) is 7.05 Å². The molecule has 8 nitrogen and oxygen atoms in total. The lowest BCUT2D eigenvalue weighted by Crippen LogP contribution is -2.13. The number of hydrogen-bond acceptors (Lipinski definition) is 5. The zero-order chi connectivity index (χ0) is 10.8. The third-order valence-corrected chi connectivity index (χ3v) is 1.68. The minimum atomic E-state index is -0.361. The van der Waals surface area contributed by atoms with Gasteiger partial charge >= 0.3 is 0 Å². The summed E-state index contributed by atoms with van der Waals surface area (Å²) in [5.41, 5.74) is 6.29. The number of carbonyl (C=O) groups is 1. The molecule has 0 unspecified atom stereocenters. The summed E-state index contributed by atoms with van der Waals surface area (Å²) in [6.45, 7) is 0. The van der Waals surface area contributed by atoms with Crippen LogP contribution in [0.1, 0.15) is 10.5 Å². The van der Waals surface area contributed by atoms with Crippen LogP contribution in [0, 0.1) is 0 Å². The molecule has 78 valence electrons. The highest BCUT2D eigenvalue weighted by molar-refractivity contribution is 6.02. The van der Waals surface area contributed by atoms with Gasteiger partial charge in [-0.2, -0.15) is 4.80 Å². The van der Waals surface area contributed by atoms with E-state index in [9.17, 15) is 4.79 Å². The van der Waals surface area contributed by atoms with Crippen molar-refractivity contribution in [3.8, 4) is 0 Å². The zero-order valence-corrected chi connectivity index (χ0v) is 7.93. The van der Waals surface area contributed by atoms with Gasteiger partial charge in [-0.15, -0.1) is 5.10 Å². The average Bonchev–Trinajstić information content (AvgIpc) is 2.75. The Kier molecular flexibility index (Phi) is 2.08. The molecule has 2 heterocycles. The second-order valence-electron chi connectivity index (χ2n) is 2.90. The van der Waals surface area contributed by atoms with Gasteiger partial charge in [-0.05, 0) is 11.3 Å². The van der Waals surface area contributed by atoms with E-state index in [4.69, 9.17) is 5.73 Å². The van der Waals surface area contributed by atoms with Crippen molar-refractivity contribution in [3.63, 3.8) is 0 Å². The molecule has 0 saturated carbocycles. The van der Waals surface area contributed by atoms with Crippen molar-refractivity contribution in [3.05, 3.63) is 18.0 Å². The molecular weight excluding hydrogens is 198 g/mol. The van der Waals surface area contributed by atoms with E-state index in [2.05, 4.69) is 25.7 Å². The fourth-order valence-corrected chi connectivity index (χ4v) is 1.05. The molecule has 0 aromatic carbocycles. The minimum absolute atomic E-state index is 0.149. The predicted molar refractivity (Wildman–Crippen MR) is 52.0 cm³/mol. The van der Waals surface area contributed by atoms with Crippen LogP contribution in [0.3, 0.4) is 0 Å². The van der Waals surface area contributed by atoms with Crippen LogP contribution in [-0.4, -0.2) is 31.1 Å². The molecular formula is C7H9N7O. The number of H-pyrrole nitrogens is 1. The topological polar surface area (TPSA) is 115 Å². The largest absolute Gasteiger partial charge is 0.397 e. The van der Waals surface area contributed by atoms with Crippen molar-refractivity contribution < 1.29 is 4.79 Å². The van der Waals surface area contributed by atoms with Crippen LogP contribution in [0.15, 0.2) is 12.3 Å². The molecule has 0 bridgehead atoms. The third-order valence-electron chi connectivity index (χ3n) is 1.68. The van der Waals surface area contributed by atoms with Gasteiger partial charge in [0.25, 0.3) is 11.9 Å². The summed E-state index contributed by atoms with van der Waals surface area (Å²) in [5.74, 6) is -0.213. The number of amides is 1. The summed E-state index contributed by atoms with van der Waals surface area (Å²) in [6.07, 6.45) is 1.53. The Hall–Kier alpha value is -2.38. The van der Waals surface area contributed by atoms with E-state index in [1.807, 2.05) is 0 Å². The first-order valence-electron chi connectivity index (χ1n) is 4.14. The monoisotopic (exact) mass is 207 g/mol. The number of nitrogens with two attached hydrogens (primary N) is 1. The lowest BCUT2D eigenvalue weighted by atomic mass is 10.4. The Balaban J connectivity index is 2.10. The van der Waals surface area contributed by atoms with Crippen LogP contribution in [0.5, 0.6) is 0 Å². The Morgan fingerprint density at radius 3 is 3.00 bits per heavy atom. The van der Waals surface area contributed by atoms with E-state index in [1.165, 1.54) is 17.1 Å². The number of rotatable bonds is 2. The van der Waals surface area contributed by atoms with Crippen LogP contribution < -0.4 is 11.1 Å². The highest BCUT2D eigenvalue weighted by Crippen LogP contribution is 2.06. The Morgan fingerprint density at radius 1 is 1.67 bits per heavy atom. The summed E-state index contributed by atoms with van der Waals surface area (Å²) in [7, 11) is 1.61. The number of carbonyl (C=O) groups excluding carboxylic acids is 1. The van der Waals surface area contributed by atoms with Gasteiger partial charge in [0.05, 0.1) is 7.05 Å². The minimum Gasteiger partial charge on any atom is -0.397 e. The number of nitrogens with one attached hydrogen (secondary N) is 2. The van der Waals surface area contributed by atoms with Gasteiger partial charge in [-0.3, -0.25) is 10.1 Å². The maximum absolute atomic E-state index is 11.5. The van der Waals surface area contributed by atoms with Crippen LogP contribution >= 0.6 is 0 Å². The highest BCUT2D eigenvalue weighted by Gasteiger charge is 2.10. The van der Waals surface area contributed by atoms with Crippen LogP contribution in [0.25, 0.3) is 0 Å². The molecule has 4 N–H and O–H groups in total. The van der Waals surface area contributed by atoms with Gasteiger partial charge in [0, 0.05) is 11.9 Å². The molecule has 2 rings (SSSR count). The van der Waals surface area contributed by atoms with E-state index in [1.54, 1.807) is 7.05 Å². The molecule has 15 heavy (non-hydrogen) atoms. The number of anilines is 2. The fraction of sp³-hybridized carbons (Fsp3) is 0.143. The predicted octanol–water partition coefficient (Wildman–Crippen LogP) is -0.627. The van der Waals surface area contributed by atoms with E-state index in [-0.39, 0.29) is 11.9 Å². The number of hydrogen-bond donors (Lipinski definition) is 3. The number of nitrogens with zero attached hydrogens (tertiary/aromatic N) is 4. The first kappa shape index (κ1) is 9.19.